The van der Waals surface area contributed by atoms with E-state index in [1.807, 2.05) is 32.0 Å². The molecule has 17 heavy (non-hydrogen) atoms. The van der Waals surface area contributed by atoms with Crippen LogP contribution in [0.1, 0.15) is 11.1 Å². The van der Waals surface area contributed by atoms with Crippen LogP contribution in [0.15, 0.2) is 36.4 Å². The van der Waals surface area contributed by atoms with E-state index in [0.717, 1.165) is 11.1 Å². The molecule has 2 nitrogen and oxygen atoms in total. The third kappa shape index (κ3) is 2.38. The van der Waals surface area contributed by atoms with Crippen LogP contribution >= 0.6 is 0 Å². The molecule has 0 atom stereocenters. The topological polar surface area (TPSA) is 35.2 Å². The Kier molecular flexibility index (Phi) is 3.00. The van der Waals surface area contributed by atoms with E-state index < -0.39 is 5.82 Å². The Morgan fingerprint density at radius 3 is 2.53 bits per heavy atom. The van der Waals surface area contributed by atoms with Gasteiger partial charge in [0.05, 0.1) is 0 Å². The lowest BCUT2D eigenvalue weighted by Crippen LogP contribution is -1.93. The van der Waals surface area contributed by atoms with E-state index in [0.29, 0.717) is 11.4 Å². The summed E-state index contributed by atoms with van der Waals surface area (Å²) in [4.78, 5) is 0. The Labute approximate surface area is 99.8 Å². The minimum atomic E-state index is -0.453. The number of ether oxygens (including phenoxy) is 1. The molecule has 0 heterocycles. The number of rotatable bonds is 2. The Morgan fingerprint density at radius 2 is 1.82 bits per heavy atom. The normalized spacial score (nSPS) is 10.3. The molecule has 3 heteroatoms. The molecule has 2 aromatic carbocycles. The fraction of sp³-hybridized carbons (Fsp3) is 0.143. The fourth-order valence-corrected chi connectivity index (χ4v) is 1.55. The van der Waals surface area contributed by atoms with Crippen molar-refractivity contribution >= 4 is 5.69 Å². The van der Waals surface area contributed by atoms with Gasteiger partial charge in [0.1, 0.15) is 5.75 Å². The van der Waals surface area contributed by atoms with E-state index in [2.05, 4.69) is 0 Å². The molecule has 0 spiro atoms. The van der Waals surface area contributed by atoms with Crippen LogP contribution in [0.2, 0.25) is 0 Å². The first-order valence-electron chi connectivity index (χ1n) is 5.37. The van der Waals surface area contributed by atoms with E-state index in [1.165, 1.54) is 12.1 Å². The van der Waals surface area contributed by atoms with Crippen molar-refractivity contribution in [3.63, 3.8) is 0 Å². The molecule has 0 aliphatic heterocycles. The molecule has 0 aliphatic rings. The van der Waals surface area contributed by atoms with Crippen molar-refractivity contribution in [3.05, 3.63) is 53.3 Å². The maximum absolute atomic E-state index is 13.6. The van der Waals surface area contributed by atoms with Crippen molar-refractivity contribution < 1.29 is 9.13 Å². The van der Waals surface area contributed by atoms with Crippen LogP contribution in [0.25, 0.3) is 0 Å². The fourth-order valence-electron chi connectivity index (χ4n) is 1.55. The average Bonchev–Trinajstić information content (AvgIpc) is 2.28. The van der Waals surface area contributed by atoms with Crippen LogP contribution in [0.3, 0.4) is 0 Å². The van der Waals surface area contributed by atoms with Gasteiger partial charge in [-0.15, -0.1) is 0 Å². The minimum Gasteiger partial charge on any atom is -0.454 e. The molecule has 88 valence electrons. The molecule has 0 unspecified atom stereocenters. The van der Waals surface area contributed by atoms with E-state index in [4.69, 9.17) is 10.5 Å². The molecule has 0 fully saturated rings. The molecule has 2 N–H and O–H groups in total. The van der Waals surface area contributed by atoms with Gasteiger partial charge >= 0.3 is 0 Å². The van der Waals surface area contributed by atoms with E-state index in [9.17, 15) is 4.39 Å². The zero-order valence-corrected chi connectivity index (χ0v) is 9.83. The van der Waals surface area contributed by atoms with Gasteiger partial charge < -0.3 is 10.5 Å². The number of hydrogen-bond acceptors (Lipinski definition) is 2. The molecule has 2 aromatic rings. The number of hydrogen-bond donors (Lipinski definition) is 1. The smallest absolute Gasteiger partial charge is 0.167 e. The van der Waals surface area contributed by atoms with Crippen LogP contribution in [0.5, 0.6) is 11.5 Å². The van der Waals surface area contributed by atoms with Crippen molar-refractivity contribution in [1.82, 2.24) is 0 Å². The average molecular weight is 231 g/mol. The molecule has 0 radical (unpaired) electrons. The van der Waals surface area contributed by atoms with Crippen molar-refractivity contribution in [2.75, 3.05) is 5.73 Å². The maximum atomic E-state index is 13.6. The molecule has 0 aliphatic carbocycles. The van der Waals surface area contributed by atoms with Gasteiger partial charge in [-0.3, -0.25) is 0 Å². The second-order valence-electron chi connectivity index (χ2n) is 3.99. The minimum absolute atomic E-state index is 0.188. The number of halogens is 1. The lowest BCUT2D eigenvalue weighted by Gasteiger charge is -2.11. The summed E-state index contributed by atoms with van der Waals surface area (Å²) in [5.41, 5.74) is 7.98. The van der Waals surface area contributed by atoms with Crippen molar-refractivity contribution in [2.45, 2.75) is 13.8 Å². The monoisotopic (exact) mass is 231 g/mol. The Morgan fingerprint density at radius 1 is 1.06 bits per heavy atom. The molecule has 0 saturated heterocycles. The zero-order valence-electron chi connectivity index (χ0n) is 9.83. The van der Waals surface area contributed by atoms with Gasteiger partial charge in [-0.05, 0) is 43.2 Å². The highest BCUT2D eigenvalue weighted by atomic mass is 19.1. The SMILES string of the molecule is Cc1cccc(Oc2ccc(N)cc2F)c1C. The summed E-state index contributed by atoms with van der Waals surface area (Å²) in [5.74, 6) is 0.396. The predicted octanol–water partition coefficient (Wildman–Crippen LogP) is 3.82. The van der Waals surface area contributed by atoms with Gasteiger partial charge in [0, 0.05) is 11.8 Å². The van der Waals surface area contributed by atoms with Crippen molar-refractivity contribution in [3.8, 4) is 11.5 Å². The first-order valence-corrected chi connectivity index (χ1v) is 5.37. The van der Waals surface area contributed by atoms with Gasteiger partial charge in [0.25, 0.3) is 0 Å². The van der Waals surface area contributed by atoms with Gasteiger partial charge in [0.2, 0.25) is 0 Å². The summed E-state index contributed by atoms with van der Waals surface area (Å²) in [6.07, 6.45) is 0. The summed E-state index contributed by atoms with van der Waals surface area (Å²) >= 11 is 0. The van der Waals surface area contributed by atoms with Crippen LogP contribution < -0.4 is 10.5 Å². The molecule has 0 aromatic heterocycles. The zero-order chi connectivity index (χ0) is 12.4. The summed E-state index contributed by atoms with van der Waals surface area (Å²) < 4.78 is 19.1. The Hall–Kier alpha value is -2.03. The quantitative estimate of drug-likeness (QED) is 0.797. The highest BCUT2D eigenvalue weighted by Gasteiger charge is 2.07. The highest BCUT2D eigenvalue weighted by molar-refractivity contribution is 5.46. The van der Waals surface area contributed by atoms with Crippen molar-refractivity contribution in [2.24, 2.45) is 0 Å². The largest absolute Gasteiger partial charge is 0.454 e. The van der Waals surface area contributed by atoms with E-state index >= 15 is 0 Å². The molecule has 2 rings (SSSR count). The lowest BCUT2D eigenvalue weighted by molar-refractivity contribution is 0.439. The molecule has 0 amide bonds. The summed E-state index contributed by atoms with van der Waals surface area (Å²) in [7, 11) is 0. The highest BCUT2D eigenvalue weighted by Crippen LogP contribution is 2.29. The third-order valence-electron chi connectivity index (χ3n) is 2.73. The predicted molar refractivity (Wildman–Crippen MR) is 66.8 cm³/mol. The number of benzene rings is 2. The third-order valence-corrected chi connectivity index (χ3v) is 2.73. The first kappa shape index (κ1) is 11.5. The van der Waals surface area contributed by atoms with Crippen LogP contribution in [-0.4, -0.2) is 0 Å². The van der Waals surface area contributed by atoms with E-state index in [1.54, 1.807) is 6.07 Å². The summed E-state index contributed by atoms with van der Waals surface area (Å²) in [5, 5.41) is 0. The number of aryl methyl sites for hydroxylation is 1. The van der Waals surface area contributed by atoms with E-state index in [-0.39, 0.29) is 5.75 Å². The second-order valence-corrected chi connectivity index (χ2v) is 3.99. The number of nitrogen functional groups attached to an aromatic ring is 1. The second kappa shape index (κ2) is 4.45. The molecule has 0 bridgehead atoms. The van der Waals surface area contributed by atoms with Gasteiger partial charge in [-0.1, -0.05) is 12.1 Å². The number of nitrogens with two attached hydrogens (primary N) is 1. The lowest BCUT2D eigenvalue weighted by atomic mass is 10.1. The first-order chi connectivity index (χ1) is 8.08. The maximum Gasteiger partial charge on any atom is 0.167 e. The van der Waals surface area contributed by atoms with Crippen LogP contribution in [-0.2, 0) is 0 Å². The summed E-state index contributed by atoms with van der Waals surface area (Å²) in [6.45, 7) is 3.93. The standard InChI is InChI=1S/C14H14FNO/c1-9-4-3-5-13(10(9)2)17-14-7-6-11(16)8-12(14)15/h3-8H,16H2,1-2H3. The van der Waals surface area contributed by atoms with Crippen molar-refractivity contribution in [1.29, 1.82) is 0 Å². The van der Waals surface area contributed by atoms with Gasteiger partial charge in [0.15, 0.2) is 11.6 Å². The molecule has 0 saturated carbocycles. The molecular formula is C14H14FNO. The van der Waals surface area contributed by atoms with Crippen LogP contribution in [0.4, 0.5) is 10.1 Å². The Balaban J connectivity index is 2.35. The van der Waals surface area contributed by atoms with Gasteiger partial charge in [-0.25, -0.2) is 4.39 Å². The number of anilines is 1. The Bertz CT molecular complexity index is 552. The van der Waals surface area contributed by atoms with Gasteiger partial charge in [-0.2, -0.15) is 0 Å². The van der Waals surface area contributed by atoms with Crippen LogP contribution in [0, 0.1) is 19.7 Å². The summed E-state index contributed by atoms with van der Waals surface area (Å²) in [6, 6.07) is 10.1. The molecular weight excluding hydrogens is 217 g/mol.